The summed E-state index contributed by atoms with van der Waals surface area (Å²) < 4.78 is 6.02. The maximum atomic E-state index is 11.6. The first kappa shape index (κ1) is 17.4. The van der Waals surface area contributed by atoms with Crippen molar-refractivity contribution < 1.29 is 14.0 Å². The minimum absolute atomic E-state index is 0.0683. The van der Waals surface area contributed by atoms with E-state index in [9.17, 15) is 9.59 Å². The lowest BCUT2D eigenvalue weighted by molar-refractivity contribution is -0.124. The average molecular weight is 379 g/mol. The van der Waals surface area contributed by atoms with Gasteiger partial charge in [-0.25, -0.2) is 9.78 Å². The summed E-state index contributed by atoms with van der Waals surface area (Å²) in [5, 5.41) is 3.03. The quantitative estimate of drug-likeness (QED) is 0.523. The number of hydrogen-bond acceptors (Lipinski definition) is 5. The molecule has 0 aliphatic carbocycles. The van der Waals surface area contributed by atoms with Crippen molar-refractivity contribution in [2.45, 2.75) is 5.22 Å². The number of hydrogen-bond donors (Lipinski definition) is 1. The van der Waals surface area contributed by atoms with E-state index in [0.717, 1.165) is 16.8 Å². The standard InChI is InChI=1S/C20H17N3O3S/c24-16-13-21-19(25)23(16)11-12-27-20-22-17(14-7-3-1-4-8-14)18(26-20)15-9-5-2-6-10-15/h1-10H,11-13H2,(H,21,25). The van der Waals surface area contributed by atoms with E-state index in [1.54, 1.807) is 0 Å². The summed E-state index contributed by atoms with van der Waals surface area (Å²) in [7, 11) is 0. The maximum Gasteiger partial charge on any atom is 0.324 e. The van der Waals surface area contributed by atoms with Crippen molar-refractivity contribution in [3.05, 3.63) is 60.7 Å². The van der Waals surface area contributed by atoms with Crippen molar-refractivity contribution in [2.24, 2.45) is 0 Å². The fraction of sp³-hybridized carbons (Fsp3) is 0.150. The molecule has 1 aliphatic heterocycles. The highest BCUT2D eigenvalue weighted by Crippen LogP contribution is 2.35. The lowest BCUT2D eigenvalue weighted by atomic mass is 10.1. The molecule has 0 bridgehead atoms. The van der Waals surface area contributed by atoms with Gasteiger partial charge in [0.2, 0.25) is 5.91 Å². The fourth-order valence-electron chi connectivity index (χ4n) is 2.84. The predicted molar refractivity (Wildman–Crippen MR) is 103 cm³/mol. The van der Waals surface area contributed by atoms with Crippen molar-refractivity contribution in [1.82, 2.24) is 15.2 Å². The molecule has 1 N–H and O–H groups in total. The van der Waals surface area contributed by atoms with Crippen LogP contribution in [0.5, 0.6) is 0 Å². The second kappa shape index (κ2) is 7.67. The van der Waals surface area contributed by atoms with E-state index in [-0.39, 0.29) is 18.5 Å². The Balaban J connectivity index is 1.56. The summed E-state index contributed by atoms with van der Waals surface area (Å²) in [5.41, 5.74) is 2.70. The van der Waals surface area contributed by atoms with E-state index in [1.165, 1.54) is 16.7 Å². The van der Waals surface area contributed by atoms with Crippen LogP contribution in [0, 0.1) is 0 Å². The molecule has 2 aromatic carbocycles. The van der Waals surface area contributed by atoms with E-state index in [4.69, 9.17) is 4.42 Å². The van der Waals surface area contributed by atoms with Crippen LogP contribution < -0.4 is 5.32 Å². The largest absolute Gasteiger partial charge is 0.431 e. The number of aromatic nitrogens is 1. The third-order valence-corrected chi connectivity index (χ3v) is 4.98. The number of benzene rings is 2. The minimum Gasteiger partial charge on any atom is -0.431 e. The molecule has 27 heavy (non-hydrogen) atoms. The molecule has 0 atom stereocenters. The monoisotopic (exact) mass is 379 g/mol. The molecule has 136 valence electrons. The number of carbonyl (C=O) groups is 2. The number of amides is 3. The number of nitrogens with zero attached hydrogens (tertiary/aromatic N) is 2. The fourth-order valence-corrected chi connectivity index (χ4v) is 3.59. The van der Waals surface area contributed by atoms with Gasteiger partial charge in [0.1, 0.15) is 5.69 Å². The SMILES string of the molecule is O=C1CNC(=O)N1CCSc1nc(-c2ccccc2)c(-c2ccccc2)o1. The summed E-state index contributed by atoms with van der Waals surface area (Å²) in [6, 6.07) is 19.3. The number of urea groups is 1. The van der Waals surface area contributed by atoms with E-state index >= 15 is 0 Å². The Kier molecular flexibility index (Phi) is 4.93. The number of nitrogens with one attached hydrogen (secondary N) is 1. The van der Waals surface area contributed by atoms with Crippen LogP contribution in [0.1, 0.15) is 0 Å². The number of imide groups is 1. The number of oxazole rings is 1. The summed E-state index contributed by atoms with van der Waals surface area (Å²) in [6.45, 7) is 0.387. The molecule has 3 amide bonds. The molecule has 2 heterocycles. The molecule has 7 heteroatoms. The molecule has 1 aromatic heterocycles. The van der Waals surface area contributed by atoms with Crippen molar-refractivity contribution in [2.75, 3.05) is 18.8 Å². The van der Waals surface area contributed by atoms with Gasteiger partial charge in [-0.05, 0) is 0 Å². The van der Waals surface area contributed by atoms with E-state index in [2.05, 4.69) is 10.3 Å². The molecule has 3 aromatic rings. The van der Waals surface area contributed by atoms with Crippen LogP contribution in [0.3, 0.4) is 0 Å². The maximum absolute atomic E-state index is 11.6. The van der Waals surface area contributed by atoms with Gasteiger partial charge < -0.3 is 9.73 Å². The lowest BCUT2D eigenvalue weighted by Gasteiger charge is -2.10. The molecular formula is C20H17N3O3S. The Morgan fingerprint density at radius 1 is 1.00 bits per heavy atom. The van der Waals surface area contributed by atoms with Crippen molar-refractivity contribution in [1.29, 1.82) is 0 Å². The van der Waals surface area contributed by atoms with E-state index in [0.29, 0.717) is 23.3 Å². The minimum atomic E-state index is -0.344. The van der Waals surface area contributed by atoms with E-state index in [1.807, 2.05) is 60.7 Å². The van der Waals surface area contributed by atoms with Crippen LogP contribution in [-0.4, -0.2) is 40.7 Å². The Morgan fingerprint density at radius 3 is 2.30 bits per heavy atom. The van der Waals surface area contributed by atoms with Gasteiger partial charge in [0.25, 0.3) is 5.22 Å². The summed E-state index contributed by atoms with van der Waals surface area (Å²) in [5.74, 6) is 1.02. The summed E-state index contributed by atoms with van der Waals surface area (Å²) >= 11 is 1.38. The summed E-state index contributed by atoms with van der Waals surface area (Å²) in [6.07, 6.45) is 0. The Hall–Kier alpha value is -3.06. The van der Waals surface area contributed by atoms with Crippen molar-refractivity contribution in [3.63, 3.8) is 0 Å². The molecule has 0 spiro atoms. The molecule has 4 rings (SSSR count). The van der Waals surface area contributed by atoms with Crippen LogP contribution in [0.15, 0.2) is 70.3 Å². The molecule has 6 nitrogen and oxygen atoms in total. The van der Waals surface area contributed by atoms with Crippen LogP contribution in [0.2, 0.25) is 0 Å². The number of carbonyl (C=O) groups excluding carboxylic acids is 2. The second-order valence-electron chi connectivity index (χ2n) is 5.94. The first-order valence-corrected chi connectivity index (χ1v) is 9.53. The third-order valence-electron chi connectivity index (χ3n) is 4.17. The third kappa shape index (κ3) is 3.73. The van der Waals surface area contributed by atoms with Crippen LogP contribution >= 0.6 is 11.8 Å². The highest BCUT2D eigenvalue weighted by molar-refractivity contribution is 7.99. The first-order chi connectivity index (χ1) is 13.2. The topological polar surface area (TPSA) is 75.4 Å². The van der Waals surface area contributed by atoms with Crippen molar-refractivity contribution in [3.8, 4) is 22.6 Å². The van der Waals surface area contributed by atoms with Gasteiger partial charge in [-0.3, -0.25) is 9.69 Å². The first-order valence-electron chi connectivity index (χ1n) is 8.55. The zero-order valence-corrected chi connectivity index (χ0v) is 15.2. The van der Waals surface area contributed by atoms with Gasteiger partial charge in [-0.1, -0.05) is 72.4 Å². The van der Waals surface area contributed by atoms with Gasteiger partial charge in [0.15, 0.2) is 5.76 Å². The van der Waals surface area contributed by atoms with E-state index < -0.39 is 0 Å². The Morgan fingerprint density at radius 2 is 1.67 bits per heavy atom. The molecule has 1 fully saturated rings. The molecular weight excluding hydrogens is 362 g/mol. The van der Waals surface area contributed by atoms with Crippen molar-refractivity contribution >= 4 is 23.7 Å². The summed E-state index contributed by atoms with van der Waals surface area (Å²) in [4.78, 5) is 29.1. The van der Waals surface area contributed by atoms with Gasteiger partial charge >= 0.3 is 6.03 Å². The highest BCUT2D eigenvalue weighted by atomic mass is 32.2. The Bertz CT molecular complexity index is 884. The van der Waals surface area contributed by atoms with Crippen LogP contribution in [0.25, 0.3) is 22.6 Å². The predicted octanol–water partition coefficient (Wildman–Crippen LogP) is 3.65. The lowest BCUT2D eigenvalue weighted by Crippen LogP contribution is -2.32. The Labute approximate surface area is 160 Å². The van der Waals surface area contributed by atoms with Gasteiger partial charge in [-0.2, -0.15) is 0 Å². The molecule has 0 radical (unpaired) electrons. The number of rotatable bonds is 6. The van der Waals surface area contributed by atoms with Crippen LogP contribution in [-0.2, 0) is 4.79 Å². The zero-order chi connectivity index (χ0) is 18.6. The highest BCUT2D eigenvalue weighted by Gasteiger charge is 2.28. The van der Waals surface area contributed by atoms with Gasteiger partial charge in [-0.15, -0.1) is 0 Å². The second-order valence-corrected chi connectivity index (χ2v) is 6.99. The van der Waals surface area contributed by atoms with Gasteiger partial charge in [0, 0.05) is 23.4 Å². The van der Waals surface area contributed by atoms with Gasteiger partial charge in [0.05, 0.1) is 6.54 Å². The smallest absolute Gasteiger partial charge is 0.324 e. The molecule has 0 unspecified atom stereocenters. The molecule has 1 saturated heterocycles. The normalized spacial score (nSPS) is 13.9. The van der Waals surface area contributed by atoms with Crippen LogP contribution in [0.4, 0.5) is 4.79 Å². The molecule has 1 aliphatic rings. The molecule has 0 saturated carbocycles. The zero-order valence-electron chi connectivity index (χ0n) is 14.4. The number of thioether (sulfide) groups is 1. The average Bonchev–Trinajstić information content (AvgIpc) is 3.28.